The maximum absolute atomic E-state index is 14.4. The van der Waals surface area contributed by atoms with Crippen LogP contribution >= 0.6 is 22.9 Å². The number of hydrogen-bond acceptors (Lipinski definition) is 7. The number of nitrogens with one attached hydrogen (secondary N) is 1. The van der Waals surface area contributed by atoms with Crippen LogP contribution in [0, 0.1) is 5.82 Å². The molecule has 0 spiro atoms. The van der Waals surface area contributed by atoms with Crippen molar-refractivity contribution < 1.29 is 22.4 Å². The Morgan fingerprint density at radius 1 is 1.18 bits per heavy atom. The molecule has 14 heteroatoms. The van der Waals surface area contributed by atoms with Crippen molar-refractivity contribution in [3.8, 4) is 11.3 Å². The van der Waals surface area contributed by atoms with E-state index in [9.17, 15) is 31.9 Å². The SMILES string of the molecule is Cn1c(=O)c2c(CC(=O)Nc3nc(-c4cccc(C(F)(F)F)c4F)cs3)snc2n(C)c1=O. The number of rotatable bonds is 4. The molecule has 8 nitrogen and oxygen atoms in total. The van der Waals surface area contributed by atoms with Crippen LogP contribution < -0.4 is 16.6 Å². The van der Waals surface area contributed by atoms with Crippen LogP contribution in [0.4, 0.5) is 22.7 Å². The molecule has 3 aromatic heterocycles. The van der Waals surface area contributed by atoms with Crippen molar-refractivity contribution >= 4 is 44.9 Å². The van der Waals surface area contributed by atoms with Gasteiger partial charge in [0, 0.05) is 29.9 Å². The molecule has 4 aromatic rings. The summed E-state index contributed by atoms with van der Waals surface area (Å²) in [4.78, 5) is 41.3. The van der Waals surface area contributed by atoms with E-state index in [-0.39, 0.29) is 33.8 Å². The first-order valence-corrected chi connectivity index (χ1v) is 10.8. The van der Waals surface area contributed by atoms with Crippen molar-refractivity contribution in [1.29, 1.82) is 0 Å². The number of fused-ring (bicyclic) bond motifs is 1. The lowest BCUT2D eigenvalue weighted by Crippen LogP contribution is -2.37. The van der Waals surface area contributed by atoms with Gasteiger partial charge >= 0.3 is 11.9 Å². The maximum atomic E-state index is 14.4. The number of nitrogens with zero attached hydrogens (tertiary/aromatic N) is 4. The third-order valence-electron chi connectivity index (χ3n) is 4.81. The van der Waals surface area contributed by atoms with Gasteiger partial charge in [-0.25, -0.2) is 14.2 Å². The number of alkyl halides is 3. The fourth-order valence-corrected chi connectivity index (χ4v) is 4.76. The van der Waals surface area contributed by atoms with E-state index in [4.69, 9.17) is 0 Å². The van der Waals surface area contributed by atoms with Crippen LogP contribution in [0.2, 0.25) is 0 Å². The number of hydrogen-bond donors (Lipinski definition) is 1. The van der Waals surface area contributed by atoms with Gasteiger partial charge < -0.3 is 5.32 Å². The van der Waals surface area contributed by atoms with Gasteiger partial charge in [-0.15, -0.1) is 11.3 Å². The summed E-state index contributed by atoms with van der Waals surface area (Å²) in [6, 6.07) is 2.86. The van der Waals surface area contributed by atoms with Crippen LogP contribution in [0.3, 0.4) is 0 Å². The number of carbonyl (C=O) groups excluding carboxylic acids is 1. The standard InChI is InChI=1S/C19H13F4N5O3S2/c1-27-15-13(16(30)28(2)18(27)31)11(33-26-15)6-12(29)25-17-24-10(7-32-17)8-4-3-5-9(14(8)20)19(21,22)23/h3-5,7H,6H2,1-2H3,(H,24,25,29). The highest BCUT2D eigenvalue weighted by atomic mass is 32.1. The molecule has 0 saturated carbocycles. The summed E-state index contributed by atoms with van der Waals surface area (Å²) >= 11 is 1.80. The molecule has 4 rings (SSSR count). The molecule has 0 fully saturated rings. The van der Waals surface area contributed by atoms with Gasteiger partial charge in [0.2, 0.25) is 5.91 Å². The fraction of sp³-hybridized carbons (Fsp3) is 0.211. The summed E-state index contributed by atoms with van der Waals surface area (Å²) in [5.41, 5.74) is -2.79. The first kappa shape index (κ1) is 22.8. The first-order chi connectivity index (χ1) is 15.5. The maximum Gasteiger partial charge on any atom is 0.419 e. The van der Waals surface area contributed by atoms with E-state index in [1.165, 1.54) is 24.0 Å². The van der Waals surface area contributed by atoms with E-state index < -0.39 is 34.7 Å². The van der Waals surface area contributed by atoms with E-state index in [0.717, 1.165) is 39.6 Å². The fourth-order valence-electron chi connectivity index (χ4n) is 3.16. The van der Waals surface area contributed by atoms with Crippen molar-refractivity contribution in [3.05, 3.63) is 60.7 Å². The summed E-state index contributed by atoms with van der Waals surface area (Å²) in [7, 11) is 2.77. The molecule has 0 unspecified atom stereocenters. The highest BCUT2D eigenvalue weighted by Crippen LogP contribution is 2.36. The van der Waals surface area contributed by atoms with E-state index in [0.29, 0.717) is 10.9 Å². The van der Waals surface area contributed by atoms with Gasteiger partial charge in [0.15, 0.2) is 10.8 Å². The first-order valence-electron chi connectivity index (χ1n) is 9.14. The predicted molar refractivity (Wildman–Crippen MR) is 115 cm³/mol. The summed E-state index contributed by atoms with van der Waals surface area (Å²) in [6.45, 7) is 0. The Balaban J connectivity index is 1.58. The number of carbonyl (C=O) groups is 1. The predicted octanol–water partition coefficient (Wildman–Crippen LogP) is 3.16. The number of anilines is 1. The van der Waals surface area contributed by atoms with Crippen molar-refractivity contribution in [2.45, 2.75) is 12.6 Å². The van der Waals surface area contributed by atoms with Gasteiger partial charge in [0.25, 0.3) is 5.56 Å². The third kappa shape index (κ3) is 4.06. The van der Waals surface area contributed by atoms with Gasteiger partial charge in [0.1, 0.15) is 5.82 Å². The van der Waals surface area contributed by atoms with E-state index in [2.05, 4.69) is 14.7 Å². The zero-order valence-corrected chi connectivity index (χ0v) is 18.5. The van der Waals surface area contributed by atoms with Crippen molar-refractivity contribution in [2.75, 3.05) is 5.32 Å². The van der Waals surface area contributed by atoms with Crippen molar-refractivity contribution in [1.82, 2.24) is 18.5 Å². The zero-order chi connectivity index (χ0) is 24.1. The summed E-state index contributed by atoms with van der Waals surface area (Å²) in [5.74, 6) is -2.02. The summed E-state index contributed by atoms with van der Waals surface area (Å²) in [5, 5.41) is 3.99. The number of aryl methyl sites for hydroxylation is 1. The van der Waals surface area contributed by atoms with Gasteiger partial charge in [-0.1, -0.05) is 6.07 Å². The van der Waals surface area contributed by atoms with Crippen LogP contribution in [-0.2, 0) is 31.5 Å². The molecule has 0 aliphatic rings. The quantitative estimate of drug-likeness (QED) is 0.435. The van der Waals surface area contributed by atoms with Gasteiger partial charge in [-0.2, -0.15) is 17.5 Å². The Hall–Kier alpha value is -3.39. The smallest absolute Gasteiger partial charge is 0.302 e. The molecule has 0 bridgehead atoms. The van der Waals surface area contributed by atoms with Crippen molar-refractivity contribution in [2.24, 2.45) is 14.1 Å². The molecule has 0 atom stereocenters. The minimum absolute atomic E-state index is 0.0425. The number of aromatic nitrogens is 4. The minimum Gasteiger partial charge on any atom is -0.302 e. The van der Waals surface area contributed by atoms with Crippen molar-refractivity contribution in [3.63, 3.8) is 0 Å². The second kappa shape index (κ2) is 8.19. The summed E-state index contributed by atoms with van der Waals surface area (Å²) < 4.78 is 59.4. The monoisotopic (exact) mass is 499 g/mol. The highest BCUT2D eigenvalue weighted by molar-refractivity contribution is 7.14. The molecule has 0 radical (unpaired) electrons. The van der Waals surface area contributed by atoms with Crippen LogP contribution in [0.5, 0.6) is 0 Å². The van der Waals surface area contributed by atoms with Gasteiger partial charge in [-0.05, 0) is 23.7 Å². The molecule has 3 heterocycles. The molecule has 33 heavy (non-hydrogen) atoms. The second-order valence-electron chi connectivity index (χ2n) is 6.94. The van der Waals surface area contributed by atoms with E-state index in [1.54, 1.807) is 0 Å². The van der Waals surface area contributed by atoms with Crippen LogP contribution in [0.15, 0.2) is 33.2 Å². The van der Waals surface area contributed by atoms with Crippen LogP contribution in [0.1, 0.15) is 10.4 Å². The minimum atomic E-state index is -4.86. The molecular weight excluding hydrogens is 486 g/mol. The molecule has 1 N–H and O–H groups in total. The number of halogens is 4. The Labute approximate surface area is 189 Å². The molecule has 0 aliphatic carbocycles. The Bertz CT molecular complexity index is 1520. The Morgan fingerprint density at radius 2 is 1.91 bits per heavy atom. The average Bonchev–Trinajstić information content (AvgIpc) is 3.37. The highest BCUT2D eigenvalue weighted by Gasteiger charge is 2.35. The number of benzene rings is 1. The van der Waals surface area contributed by atoms with E-state index >= 15 is 0 Å². The lowest BCUT2D eigenvalue weighted by atomic mass is 10.1. The molecule has 172 valence electrons. The number of thiazole rings is 1. The lowest BCUT2D eigenvalue weighted by Gasteiger charge is -2.09. The third-order valence-corrected chi connectivity index (χ3v) is 6.40. The largest absolute Gasteiger partial charge is 0.419 e. The Morgan fingerprint density at radius 3 is 2.61 bits per heavy atom. The summed E-state index contributed by atoms with van der Waals surface area (Å²) in [6.07, 6.45) is -5.10. The molecule has 1 aromatic carbocycles. The molecule has 0 aliphatic heterocycles. The normalized spacial score (nSPS) is 11.8. The average molecular weight is 499 g/mol. The van der Waals surface area contributed by atoms with Crippen LogP contribution in [0.25, 0.3) is 22.3 Å². The van der Waals surface area contributed by atoms with Crippen LogP contribution in [-0.4, -0.2) is 24.4 Å². The molecule has 1 amide bonds. The Kier molecular flexibility index (Phi) is 5.66. The topological polar surface area (TPSA) is 98.9 Å². The molecular formula is C19H13F4N5O3S2. The zero-order valence-electron chi connectivity index (χ0n) is 16.9. The molecule has 0 saturated heterocycles. The van der Waals surface area contributed by atoms with Gasteiger partial charge in [-0.3, -0.25) is 18.7 Å². The lowest BCUT2D eigenvalue weighted by molar-refractivity contribution is -0.139. The second-order valence-corrected chi connectivity index (χ2v) is 8.65. The van der Waals surface area contributed by atoms with Gasteiger partial charge in [0.05, 0.1) is 23.1 Å². The number of amides is 1. The van der Waals surface area contributed by atoms with E-state index in [1.807, 2.05) is 0 Å².